The fraction of sp³-hybridized carbons (Fsp3) is 0.200. The number of nitrogens with one attached hydrogen (secondary N) is 2. The molecule has 0 radical (unpaired) electrons. The Labute approximate surface area is 176 Å². The van der Waals surface area contributed by atoms with Gasteiger partial charge < -0.3 is 24.9 Å². The Balaban J connectivity index is 1.16. The van der Waals surface area contributed by atoms with E-state index in [1.165, 1.54) is 10.9 Å². The maximum absolute atomic E-state index is 10.2. The zero-order valence-corrected chi connectivity index (χ0v) is 16.8. The van der Waals surface area contributed by atoms with Gasteiger partial charge in [0, 0.05) is 23.6 Å². The average molecular weight is 402 g/mol. The number of H-pyrrole nitrogens is 1. The number of ether oxygens (including phenoxy) is 2. The summed E-state index contributed by atoms with van der Waals surface area (Å²) in [6.45, 7) is 1.51. The van der Waals surface area contributed by atoms with Gasteiger partial charge in [-0.3, -0.25) is 0 Å². The molecule has 154 valence electrons. The Bertz CT molecular complexity index is 1040. The van der Waals surface area contributed by atoms with Gasteiger partial charge in [-0.15, -0.1) is 0 Å². The fourth-order valence-electron chi connectivity index (χ4n) is 3.31. The van der Waals surface area contributed by atoms with Crippen molar-refractivity contribution in [3.63, 3.8) is 0 Å². The highest BCUT2D eigenvalue weighted by Crippen LogP contribution is 2.23. The van der Waals surface area contributed by atoms with Crippen LogP contribution in [0.3, 0.4) is 0 Å². The van der Waals surface area contributed by atoms with Gasteiger partial charge in [-0.2, -0.15) is 0 Å². The van der Waals surface area contributed by atoms with Gasteiger partial charge in [-0.1, -0.05) is 36.4 Å². The van der Waals surface area contributed by atoms with Crippen molar-refractivity contribution in [3.8, 4) is 17.2 Å². The van der Waals surface area contributed by atoms with Gasteiger partial charge >= 0.3 is 0 Å². The number of fused-ring (bicyclic) bond motifs is 1. The van der Waals surface area contributed by atoms with Gasteiger partial charge in [0.15, 0.2) is 0 Å². The van der Waals surface area contributed by atoms with Crippen LogP contribution in [-0.4, -0.2) is 35.9 Å². The number of rotatable bonds is 10. The predicted molar refractivity (Wildman–Crippen MR) is 119 cm³/mol. The van der Waals surface area contributed by atoms with Crippen LogP contribution in [0.15, 0.2) is 85.1 Å². The lowest BCUT2D eigenvalue weighted by atomic mass is 10.1. The minimum absolute atomic E-state index is 0.235. The van der Waals surface area contributed by atoms with E-state index >= 15 is 0 Å². The van der Waals surface area contributed by atoms with E-state index in [1.807, 2.05) is 60.7 Å². The Morgan fingerprint density at radius 1 is 0.833 bits per heavy atom. The van der Waals surface area contributed by atoms with E-state index in [2.05, 4.69) is 34.7 Å². The molecule has 30 heavy (non-hydrogen) atoms. The van der Waals surface area contributed by atoms with Crippen molar-refractivity contribution in [2.75, 3.05) is 19.7 Å². The highest BCUT2D eigenvalue weighted by Gasteiger charge is 2.07. The van der Waals surface area contributed by atoms with Gasteiger partial charge in [0.25, 0.3) is 0 Å². The molecule has 0 saturated heterocycles. The normalized spacial score (nSPS) is 12.0. The van der Waals surface area contributed by atoms with Crippen LogP contribution in [0, 0.1) is 0 Å². The van der Waals surface area contributed by atoms with Crippen LogP contribution in [0.4, 0.5) is 0 Å². The average Bonchev–Trinajstić information content (AvgIpc) is 3.20. The van der Waals surface area contributed by atoms with E-state index in [0.717, 1.165) is 30.0 Å². The van der Waals surface area contributed by atoms with Crippen molar-refractivity contribution in [1.29, 1.82) is 0 Å². The topological polar surface area (TPSA) is 66.5 Å². The van der Waals surface area contributed by atoms with Gasteiger partial charge in [-0.05, 0) is 61.0 Å². The zero-order chi connectivity index (χ0) is 20.6. The lowest BCUT2D eigenvalue weighted by Gasteiger charge is -2.13. The van der Waals surface area contributed by atoms with Gasteiger partial charge in [0.1, 0.15) is 30.0 Å². The Hall–Kier alpha value is -3.28. The Morgan fingerprint density at radius 2 is 1.53 bits per heavy atom. The number of aromatic nitrogens is 1. The van der Waals surface area contributed by atoms with Crippen LogP contribution in [0.2, 0.25) is 0 Å². The molecule has 0 aliphatic carbocycles. The third kappa shape index (κ3) is 5.41. The van der Waals surface area contributed by atoms with Crippen molar-refractivity contribution in [3.05, 3.63) is 90.6 Å². The SMILES string of the molecule is O[C@@H](CNCCc1c[nH]c2ccccc12)COc1ccc(Oc2ccccc2)cc1. The molecular formula is C25H26N2O3. The van der Waals surface area contributed by atoms with E-state index in [-0.39, 0.29) is 6.61 Å². The molecular weight excluding hydrogens is 376 g/mol. The number of benzene rings is 3. The van der Waals surface area contributed by atoms with Crippen LogP contribution in [-0.2, 0) is 6.42 Å². The molecule has 3 aromatic carbocycles. The second-order valence-electron chi connectivity index (χ2n) is 7.16. The molecule has 0 bridgehead atoms. The second-order valence-corrected chi connectivity index (χ2v) is 7.16. The lowest BCUT2D eigenvalue weighted by molar-refractivity contribution is 0.106. The number of aromatic amines is 1. The number of para-hydroxylation sites is 2. The molecule has 0 spiro atoms. The molecule has 3 N–H and O–H groups in total. The maximum Gasteiger partial charge on any atom is 0.127 e. The largest absolute Gasteiger partial charge is 0.491 e. The molecule has 0 fully saturated rings. The van der Waals surface area contributed by atoms with Gasteiger partial charge in [0.05, 0.1) is 0 Å². The fourth-order valence-corrected chi connectivity index (χ4v) is 3.31. The Morgan fingerprint density at radius 3 is 2.37 bits per heavy atom. The molecule has 0 aliphatic rings. The quantitative estimate of drug-likeness (QED) is 0.341. The Kier molecular flexibility index (Phi) is 6.65. The maximum atomic E-state index is 10.2. The molecule has 0 saturated carbocycles. The molecule has 5 heteroatoms. The third-order valence-electron chi connectivity index (χ3n) is 4.87. The van der Waals surface area contributed by atoms with E-state index in [0.29, 0.717) is 12.3 Å². The van der Waals surface area contributed by atoms with Crippen LogP contribution < -0.4 is 14.8 Å². The number of hydrogen-bond acceptors (Lipinski definition) is 4. The molecule has 0 aliphatic heterocycles. The molecule has 1 atom stereocenters. The van der Waals surface area contributed by atoms with Crippen LogP contribution in [0.5, 0.6) is 17.2 Å². The minimum atomic E-state index is -0.576. The van der Waals surface area contributed by atoms with Crippen molar-refractivity contribution in [2.24, 2.45) is 0 Å². The number of aliphatic hydroxyl groups is 1. The van der Waals surface area contributed by atoms with Crippen molar-refractivity contribution < 1.29 is 14.6 Å². The van der Waals surface area contributed by atoms with E-state index in [9.17, 15) is 5.11 Å². The highest BCUT2D eigenvalue weighted by molar-refractivity contribution is 5.83. The first-order valence-corrected chi connectivity index (χ1v) is 10.2. The monoisotopic (exact) mass is 402 g/mol. The summed E-state index contributed by atoms with van der Waals surface area (Å²) in [7, 11) is 0. The summed E-state index contributed by atoms with van der Waals surface area (Å²) in [6, 6.07) is 25.3. The first-order valence-electron chi connectivity index (χ1n) is 10.2. The molecule has 5 nitrogen and oxygen atoms in total. The van der Waals surface area contributed by atoms with E-state index < -0.39 is 6.10 Å². The van der Waals surface area contributed by atoms with Crippen LogP contribution in [0.25, 0.3) is 10.9 Å². The summed E-state index contributed by atoms with van der Waals surface area (Å²) in [6.07, 6.45) is 2.38. The summed E-state index contributed by atoms with van der Waals surface area (Å²) >= 11 is 0. The molecule has 4 aromatic rings. The van der Waals surface area contributed by atoms with Crippen molar-refractivity contribution in [1.82, 2.24) is 10.3 Å². The molecule has 0 unspecified atom stereocenters. The van der Waals surface area contributed by atoms with E-state index in [4.69, 9.17) is 9.47 Å². The smallest absolute Gasteiger partial charge is 0.127 e. The summed E-state index contributed by atoms with van der Waals surface area (Å²) in [5, 5.41) is 14.7. The minimum Gasteiger partial charge on any atom is -0.491 e. The standard InChI is InChI=1S/C25H26N2O3/c28-20(17-26-15-14-19-16-27-25-9-5-4-8-24(19)25)18-29-21-10-12-23(13-11-21)30-22-6-2-1-3-7-22/h1-13,16,20,26-28H,14-15,17-18H2/t20-/m0/s1. The summed E-state index contributed by atoms with van der Waals surface area (Å²) in [5.41, 5.74) is 2.43. The summed E-state index contributed by atoms with van der Waals surface area (Å²) < 4.78 is 11.4. The highest BCUT2D eigenvalue weighted by atomic mass is 16.5. The second kappa shape index (κ2) is 9.96. The van der Waals surface area contributed by atoms with Crippen LogP contribution >= 0.6 is 0 Å². The van der Waals surface area contributed by atoms with E-state index in [1.54, 1.807) is 0 Å². The van der Waals surface area contributed by atoms with Gasteiger partial charge in [0.2, 0.25) is 0 Å². The summed E-state index contributed by atoms with van der Waals surface area (Å²) in [4.78, 5) is 3.29. The molecule has 1 heterocycles. The molecule has 0 amide bonds. The first-order chi connectivity index (χ1) is 14.8. The zero-order valence-electron chi connectivity index (χ0n) is 16.8. The van der Waals surface area contributed by atoms with Crippen LogP contribution in [0.1, 0.15) is 5.56 Å². The van der Waals surface area contributed by atoms with Crippen molar-refractivity contribution in [2.45, 2.75) is 12.5 Å². The molecule has 4 rings (SSSR count). The number of aliphatic hydroxyl groups excluding tert-OH is 1. The molecule has 1 aromatic heterocycles. The number of hydrogen-bond donors (Lipinski definition) is 3. The van der Waals surface area contributed by atoms with Gasteiger partial charge in [-0.25, -0.2) is 0 Å². The summed E-state index contributed by atoms with van der Waals surface area (Å²) in [5.74, 6) is 2.24. The van der Waals surface area contributed by atoms with Crippen molar-refractivity contribution >= 4 is 10.9 Å². The third-order valence-corrected chi connectivity index (χ3v) is 4.87. The first kappa shape index (κ1) is 20.0. The lowest BCUT2D eigenvalue weighted by Crippen LogP contribution is -2.32. The predicted octanol–water partition coefficient (Wildman–Crippen LogP) is 4.53.